The summed E-state index contributed by atoms with van der Waals surface area (Å²) >= 11 is 0. The molecule has 0 aliphatic carbocycles. The summed E-state index contributed by atoms with van der Waals surface area (Å²) in [5, 5.41) is 50.9. The van der Waals surface area contributed by atoms with Crippen molar-refractivity contribution in [2.45, 2.75) is 150 Å². The van der Waals surface area contributed by atoms with Crippen LogP contribution in [-0.4, -0.2) is 106 Å². The van der Waals surface area contributed by atoms with Gasteiger partial charge in [0.05, 0.1) is 0 Å². The summed E-state index contributed by atoms with van der Waals surface area (Å²) in [6, 6.07) is 9.26. The van der Waals surface area contributed by atoms with E-state index in [1.807, 2.05) is 57.0 Å². The lowest BCUT2D eigenvalue weighted by molar-refractivity contribution is -0.161. The minimum Gasteiger partial charge on any atom is -0.487 e. The molecular formula is C42H66N4O6S4. The Bertz CT molecular complexity index is 1590. The van der Waals surface area contributed by atoms with Crippen LogP contribution in [0, 0.1) is 11.3 Å². The number of nitrogens with one attached hydrogen (secondary N) is 2. The van der Waals surface area contributed by atoms with Crippen molar-refractivity contribution in [2.75, 3.05) is 39.3 Å². The van der Waals surface area contributed by atoms with Crippen LogP contribution in [0.25, 0.3) is 0 Å². The first-order chi connectivity index (χ1) is 26.8. The Kier molecular flexibility index (Phi) is 16.0. The van der Waals surface area contributed by atoms with Gasteiger partial charge in [0, 0.05) is 65.6 Å². The second kappa shape index (κ2) is 20.1. The molecular weight excluding hydrogens is 785 g/mol. The molecule has 2 aromatic rings. The monoisotopic (exact) mass is 850 g/mol. The summed E-state index contributed by atoms with van der Waals surface area (Å²) in [4.78, 5) is 2.75. The van der Waals surface area contributed by atoms with Crippen LogP contribution < -0.4 is 20.1 Å². The van der Waals surface area contributed by atoms with Crippen LogP contribution in [0.5, 0.6) is 11.5 Å². The highest BCUT2D eigenvalue weighted by Crippen LogP contribution is 2.48. The molecule has 56 heavy (non-hydrogen) atoms. The molecule has 0 bridgehead atoms. The summed E-state index contributed by atoms with van der Waals surface area (Å²) in [6.07, 6.45) is 6.06. The smallest absolute Gasteiger partial charge is 0.126 e. The van der Waals surface area contributed by atoms with Gasteiger partial charge in [-0.1, -0.05) is 70.9 Å². The topological polar surface area (TPSA) is 130 Å². The van der Waals surface area contributed by atoms with Crippen LogP contribution >= 0.6 is 43.2 Å². The fraction of sp³-hybridized carbons (Fsp3) is 0.714. The standard InChI is InChI=1S/C23H36N2O3S2.C17H24N2O3S2.C2H6/c1-22(2)7-8-25(27)23(3,4)11-17(22)12-24-13-18(26)19-6-5-15-10-21-16(14-29-30-21)9-20(15)28-19;20-14(9-18-13-3-5-19(21)6-4-13)15-2-1-11-8-17-12(10-23-24-17)7-16(11)22-15;1-2/h9-10,17-19,24,26-27H,5-8,11-14H2,1-4H3;7-8,13-15,18,20-21H,1-6,9-10H2;1-2H3. The number of piperidine rings is 1. The Hall–Kier alpha value is -0.880. The van der Waals surface area contributed by atoms with E-state index in [1.54, 1.807) is 0 Å². The number of aliphatic hydroxyl groups excluding tert-OH is 2. The lowest BCUT2D eigenvalue weighted by atomic mass is 9.72. The van der Waals surface area contributed by atoms with Crippen LogP contribution in [0.15, 0.2) is 34.1 Å². The number of rotatable bonds is 9. The molecule has 2 saturated heterocycles. The van der Waals surface area contributed by atoms with Gasteiger partial charge in [0.1, 0.15) is 35.9 Å². The Morgan fingerprint density at radius 3 is 1.84 bits per heavy atom. The molecule has 5 atom stereocenters. The van der Waals surface area contributed by atoms with Crippen molar-refractivity contribution in [1.82, 2.24) is 20.8 Å². The van der Waals surface area contributed by atoms with E-state index in [9.17, 15) is 20.6 Å². The van der Waals surface area contributed by atoms with Crippen molar-refractivity contribution >= 4 is 43.2 Å². The van der Waals surface area contributed by atoms with E-state index in [-0.39, 0.29) is 23.2 Å². The number of hydrogen-bond donors (Lipinski definition) is 6. The third-order valence-electron chi connectivity index (χ3n) is 12.4. The Balaban J connectivity index is 0.000000186. The van der Waals surface area contributed by atoms with E-state index >= 15 is 0 Å². The molecule has 2 fully saturated rings. The van der Waals surface area contributed by atoms with Crippen LogP contribution in [0.3, 0.4) is 0 Å². The first-order valence-electron chi connectivity index (χ1n) is 20.8. The van der Waals surface area contributed by atoms with Gasteiger partial charge in [0.15, 0.2) is 0 Å². The molecule has 314 valence electrons. The number of aryl methyl sites for hydroxylation is 2. The molecule has 10 nitrogen and oxygen atoms in total. The summed E-state index contributed by atoms with van der Waals surface area (Å²) in [6.45, 7) is 16.8. The van der Waals surface area contributed by atoms with Gasteiger partial charge in [-0.05, 0) is 130 Å². The predicted octanol–water partition coefficient (Wildman–Crippen LogP) is 7.96. The minimum absolute atomic E-state index is 0.136. The summed E-state index contributed by atoms with van der Waals surface area (Å²) in [5.74, 6) is 4.42. The molecule has 5 unspecified atom stereocenters. The van der Waals surface area contributed by atoms with Crippen LogP contribution in [0.2, 0.25) is 0 Å². The summed E-state index contributed by atoms with van der Waals surface area (Å²) in [5.41, 5.74) is 5.17. The highest BCUT2D eigenvalue weighted by molar-refractivity contribution is 8.77. The normalized spacial score (nSPS) is 26.6. The average molecular weight is 851 g/mol. The molecule has 0 saturated carbocycles. The number of aliphatic hydroxyl groups is 2. The predicted molar refractivity (Wildman–Crippen MR) is 232 cm³/mol. The highest BCUT2D eigenvalue weighted by atomic mass is 33.1. The van der Waals surface area contributed by atoms with Gasteiger partial charge in [0.2, 0.25) is 0 Å². The number of ether oxygens (including phenoxy) is 2. The fourth-order valence-corrected chi connectivity index (χ4v) is 13.4. The Labute approximate surface area is 351 Å². The van der Waals surface area contributed by atoms with E-state index in [1.165, 1.54) is 42.2 Å². The van der Waals surface area contributed by atoms with E-state index in [4.69, 9.17) is 9.47 Å². The first-order valence-corrected chi connectivity index (χ1v) is 25.4. The fourth-order valence-electron chi connectivity index (χ4n) is 8.43. The van der Waals surface area contributed by atoms with Gasteiger partial charge >= 0.3 is 0 Å². The molecule has 0 amide bonds. The summed E-state index contributed by atoms with van der Waals surface area (Å²) in [7, 11) is 7.46. The van der Waals surface area contributed by atoms with Gasteiger partial charge in [-0.3, -0.25) is 0 Å². The minimum atomic E-state index is -0.522. The van der Waals surface area contributed by atoms with Crippen LogP contribution in [0.4, 0.5) is 0 Å². The van der Waals surface area contributed by atoms with Crippen molar-refractivity contribution in [2.24, 2.45) is 11.3 Å². The van der Waals surface area contributed by atoms with E-state index in [0.717, 1.165) is 80.9 Å². The molecule has 6 heterocycles. The van der Waals surface area contributed by atoms with Gasteiger partial charge in [0.25, 0.3) is 0 Å². The molecule has 8 rings (SSSR count). The number of hydrogen-bond acceptors (Lipinski definition) is 14. The quantitative estimate of drug-likeness (QED) is 0.137. The number of benzene rings is 2. The van der Waals surface area contributed by atoms with Crippen molar-refractivity contribution < 1.29 is 30.1 Å². The van der Waals surface area contributed by atoms with Crippen molar-refractivity contribution in [1.29, 1.82) is 0 Å². The number of fused-ring (bicyclic) bond motifs is 4. The van der Waals surface area contributed by atoms with Crippen molar-refractivity contribution in [3.63, 3.8) is 0 Å². The molecule has 6 N–H and O–H groups in total. The lowest BCUT2D eigenvalue weighted by Gasteiger charge is -2.37. The van der Waals surface area contributed by atoms with Crippen molar-refractivity contribution in [3.05, 3.63) is 46.5 Å². The second-order valence-electron chi connectivity index (χ2n) is 17.2. The first kappa shape index (κ1) is 44.7. The highest BCUT2D eigenvalue weighted by Gasteiger charge is 2.41. The maximum atomic E-state index is 10.8. The zero-order valence-corrected chi connectivity index (χ0v) is 37.5. The average Bonchev–Trinajstić information content (AvgIpc) is 3.85. The van der Waals surface area contributed by atoms with Gasteiger partial charge < -0.3 is 40.7 Å². The molecule has 0 radical (unpaired) electrons. The van der Waals surface area contributed by atoms with Gasteiger partial charge in [-0.15, -0.1) is 0 Å². The summed E-state index contributed by atoms with van der Waals surface area (Å²) < 4.78 is 12.3. The Morgan fingerprint density at radius 1 is 0.750 bits per heavy atom. The van der Waals surface area contributed by atoms with E-state index in [0.29, 0.717) is 44.7 Å². The number of nitrogens with zero attached hydrogens (tertiary/aromatic N) is 2. The van der Waals surface area contributed by atoms with Crippen molar-refractivity contribution in [3.8, 4) is 11.5 Å². The lowest BCUT2D eigenvalue weighted by Crippen LogP contribution is -2.47. The van der Waals surface area contributed by atoms with Crippen LogP contribution in [0.1, 0.15) is 102 Å². The SMILES string of the molecule is CC.CC1(C)CCN(O)C(C)(C)CC1CNCC(O)C1CCc2cc3c(cc2O1)CSS3.OC(CNC1CCN(O)CC1)C1CCc2cc3c(cc2O1)CSS3. The second-order valence-corrected chi connectivity index (χ2v) is 21.9. The Morgan fingerprint density at radius 2 is 1.29 bits per heavy atom. The van der Waals surface area contributed by atoms with Gasteiger partial charge in [-0.25, -0.2) is 0 Å². The molecule has 0 aromatic heterocycles. The van der Waals surface area contributed by atoms with E-state index < -0.39 is 12.2 Å². The maximum Gasteiger partial charge on any atom is 0.126 e. The molecule has 6 aliphatic heterocycles. The third-order valence-corrected chi connectivity index (χ3v) is 17.1. The molecule has 0 spiro atoms. The van der Waals surface area contributed by atoms with Gasteiger partial charge in [-0.2, -0.15) is 10.1 Å². The third kappa shape index (κ3) is 11.3. The zero-order valence-electron chi connectivity index (χ0n) is 34.2. The molecule has 6 aliphatic rings. The van der Waals surface area contributed by atoms with E-state index in [2.05, 4.69) is 62.6 Å². The molecule has 2 aromatic carbocycles. The van der Waals surface area contributed by atoms with Crippen LogP contribution in [-0.2, 0) is 24.3 Å². The largest absolute Gasteiger partial charge is 0.487 e. The maximum absolute atomic E-state index is 10.8. The number of hydroxylamine groups is 4. The zero-order chi connectivity index (χ0) is 40.0. The molecule has 14 heteroatoms.